The number of anilines is 3. The lowest BCUT2D eigenvalue weighted by Gasteiger charge is -2.05. The minimum Gasteiger partial charge on any atom is -0.325 e. The predicted octanol–water partition coefficient (Wildman–Crippen LogP) is 3.15. The first kappa shape index (κ1) is 17.8. The quantitative estimate of drug-likeness (QED) is 0.439. The highest BCUT2D eigenvalue weighted by Crippen LogP contribution is 2.31. The van der Waals surface area contributed by atoms with Gasteiger partial charge < -0.3 is 11.1 Å². The van der Waals surface area contributed by atoms with Crippen LogP contribution < -0.4 is 15.8 Å². The van der Waals surface area contributed by atoms with Crippen molar-refractivity contribution >= 4 is 59.6 Å². The van der Waals surface area contributed by atoms with Crippen LogP contribution in [0.1, 0.15) is 5.69 Å². The van der Waals surface area contributed by atoms with Crippen LogP contribution in [0.3, 0.4) is 0 Å². The van der Waals surface area contributed by atoms with Crippen molar-refractivity contribution in [2.45, 2.75) is 10.8 Å². The maximum atomic E-state index is 12.4. The third kappa shape index (κ3) is 3.90. The molecule has 0 amide bonds. The number of nitrogens with zero attached hydrogens (tertiary/aromatic N) is 3. The van der Waals surface area contributed by atoms with Gasteiger partial charge in [0.05, 0.1) is 21.6 Å². The average Bonchev–Trinajstić information content (AvgIpc) is 3.31. The van der Waals surface area contributed by atoms with Gasteiger partial charge in [-0.15, -0.1) is 11.3 Å². The standard InChI is InChI=1S/C16H14N6O2S3/c17-8-11-7-14(19-9-18-11)21-16-20-12-4-3-10(6-13(12)26-16)22-27(23,24)15-2-1-5-25-15/h1-7,9,22H,8,17H2,(H,18,19,20,21). The zero-order valence-electron chi connectivity index (χ0n) is 13.8. The Hall–Kier alpha value is -2.60. The summed E-state index contributed by atoms with van der Waals surface area (Å²) in [4.78, 5) is 12.7. The molecule has 8 nitrogen and oxygen atoms in total. The van der Waals surface area contributed by atoms with Crippen molar-refractivity contribution in [2.24, 2.45) is 5.73 Å². The number of hydrogen-bond donors (Lipinski definition) is 3. The van der Waals surface area contributed by atoms with Crippen molar-refractivity contribution in [2.75, 3.05) is 10.0 Å². The molecule has 27 heavy (non-hydrogen) atoms. The smallest absolute Gasteiger partial charge is 0.271 e. The molecule has 3 heterocycles. The highest BCUT2D eigenvalue weighted by molar-refractivity contribution is 7.94. The van der Waals surface area contributed by atoms with Gasteiger partial charge in [-0.2, -0.15) is 0 Å². The van der Waals surface area contributed by atoms with E-state index in [4.69, 9.17) is 5.73 Å². The van der Waals surface area contributed by atoms with E-state index in [9.17, 15) is 8.42 Å². The number of benzene rings is 1. The Bertz CT molecular complexity index is 1190. The Morgan fingerprint density at radius 3 is 2.81 bits per heavy atom. The van der Waals surface area contributed by atoms with Crippen LogP contribution in [0.4, 0.5) is 16.6 Å². The number of hydrogen-bond acceptors (Lipinski definition) is 9. The Morgan fingerprint density at radius 1 is 1.15 bits per heavy atom. The summed E-state index contributed by atoms with van der Waals surface area (Å²) in [6.45, 7) is 0.324. The molecular weight excluding hydrogens is 404 g/mol. The number of nitrogens with two attached hydrogens (primary N) is 1. The summed E-state index contributed by atoms with van der Waals surface area (Å²) < 4.78 is 28.4. The zero-order chi connectivity index (χ0) is 18.9. The first-order valence-electron chi connectivity index (χ1n) is 7.78. The first-order chi connectivity index (χ1) is 13.0. The SMILES string of the molecule is NCc1cc(Nc2nc3ccc(NS(=O)(=O)c4cccs4)cc3s2)ncn1. The van der Waals surface area contributed by atoms with E-state index < -0.39 is 10.0 Å². The second kappa shape index (κ2) is 7.19. The Labute approximate surface area is 163 Å². The summed E-state index contributed by atoms with van der Waals surface area (Å²) in [6, 6.07) is 10.2. The fourth-order valence-electron chi connectivity index (χ4n) is 2.35. The van der Waals surface area contributed by atoms with Gasteiger partial charge in [0.15, 0.2) is 5.13 Å². The summed E-state index contributed by atoms with van der Waals surface area (Å²) >= 11 is 2.57. The van der Waals surface area contributed by atoms with Crippen molar-refractivity contribution in [1.82, 2.24) is 15.0 Å². The van der Waals surface area contributed by atoms with Gasteiger partial charge in [-0.3, -0.25) is 4.72 Å². The second-order valence-corrected chi connectivity index (χ2v) is 9.35. The highest BCUT2D eigenvalue weighted by Gasteiger charge is 2.16. The summed E-state index contributed by atoms with van der Waals surface area (Å²) in [5.74, 6) is 0.600. The predicted molar refractivity (Wildman–Crippen MR) is 108 cm³/mol. The molecule has 0 bridgehead atoms. The number of thiazole rings is 1. The largest absolute Gasteiger partial charge is 0.325 e. The van der Waals surface area contributed by atoms with Gasteiger partial charge in [0.2, 0.25) is 0 Å². The molecule has 0 unspecified atom stereocenters. The van der Waals surface area contributed by atoms with Crippen LogP contribution in [0, 0.1) is 0 Å². The van der Waals surface area contributed by atoms with E-state index in [1.165, 1.54) is 29.0 Å². The van der Waals surface area contributed by atoms with Gasteiger partial charge in [0.25, 0.3) is 10.0 Å². The van der Waals surface area contributed by atoms with Crippen LogP contribution in [0.5, 0.6) is 0 Å². The number of fused-ring (bicyclic) bond motifs is 1. The van der Waals surface area contributed by atoms with E-state index >= 15 is 0 Å². The summed E-state index contributed by atoms with van der Waals surface area (Å²) in [5.41, 5.74) is 7.55. The van der Waals surface area contributed by atoms with Crippen molar-refractivity contribution in [3.8, 4) is 0 Å². The third-order valence-corrected chi connectivity index (χ3v) is 7.28. The van der Waals surface area contributed by atoms with Crippen molar-refractivity contribution in [3.63, 3.8) is 0 Å². The summed E-state index contributed by atoms with van der Waals surface area (Å²) in [6.07, 6.45) is 1.44. The Balaban J connectivity index is 1.58. The Kier molecular flexibility index (Phi) is 4.74. The molecule has 0 atom stereocenters. The minimum atomic E-state index is -3.58. The van der Waals surface area contributed by atoms with Gasteiger partial charge in [-0.1, -0.05) is 17.4 Å². The van der Waals surface area contributed by atoms with E-state index in [0.29, 0.717) is 23.2 Å². The van der Waals surface area contributed by atoms with Gasteiger partial charge in [0.1, 0.15) is 16.4 Å². The van der Waals surface area contributed by atoms with Crippen molar-refractivity contribution in [1.29, 1.82) is 0 Å². The molecule has 0 saturated carbocycles. The number of aromatic nitrogens is 3. The molecule has 138 valence electrons. The molecule has 4 aromatic rings. The molecule has 0 saturated heterocycles. The van der Waals surface area contributed by atoms with E-state index in [0.717, 1.165) is 15.9 Å². The molecule has 0 aliphatic heterocycles. The molecule has 4 N–H and O–H groups in total. The molecule has 0 aliphatic carbocycles. The number of nitrogens with one attached hydrogen (secondary N) is 2. The van der Waals surface area contributed by atoms with Crippen molar-refractivity contribution in [3.05, 3.63) is 53.8 Å². The molecule has 11 heteroatoms. The van der Waals surface area contributed by atoms with Crippen LogP contribution in [0.2, 0.25) is 0 Å². The van der Waals surface area contributed by atoms with Gasteiger partial charge in [-0.05, 0) is 29.6 Å². The van der Waals surface area contributed by atoms with E-state index in [1.807, 2.05) is 0 Å². The fraction of sp³-hybridized carbons (Fsp3) is 0.0625. The lowest BCUT2D eigenvalue weighted by atomic mass is 10.3. The normalized spacial score (nSPS) is 11.6. The van der Waals surface area contributed by atoms with E-state index in [-0.39, 0.29) is 4.21 Å². The molecule has 3 aromatic heterocycles. The monoisotopic (exact) mass is 418 g/mol. The van der Waals surface area contributed by atoms with Crippen LogP contribution >= 0.6 is 22.7 Å². The number of sulfonamides is 1. The molecule has 1 aromatic carbocycles. The summed E-state index contributed by atoms with van der Waals surface area (Å²) in [7, 11) is -3.58. The third-order valence-electron chi connectivity index (χ3n) is 3.57. The molecule has 0 aliphatic rings. The van der Waals surface area contributed by atoms with Crippen LogP contribution in [-0.4, -0.2) is 23.4 Å². The van der Waals surface area contributed by atoms with Crippen LogP contribution in [0.25, 0.3) is 10.2 Å². The second-order valence-electron chi connectivity index (χ2n) is 5.46. The molecular formula is C16H14N6O2S3. The summed E-state index contributed by atoms with van der Waals surface area (Å²) in [5, 5.41) is 5.49. The molecule has 0 spiro atoms. The fourth-order valence-corrected chi connectivity index (χ4v) is 5.30. The van der Waals surface area contributed by atoms with Crippen LogP contribution in [-0.2, 0) is 16.6 Å². The van der Waals surface area contributed by atoms with Crippen LogP contribution in [0.15, 0.2) is 52.3 Å². The maximum absolute atomic E-state index is 12.4. The molecule has 0 radical (unpaired) electrons. The zero-order valence-corrected chi connectivity index (χ0v) is 16.2. The van der Waals surface area contributed by atoms with E-state index in [1.54, 1.807) is 41.8 Å². The number of thiophene rings is 1. The van der Waals surface area contributed by atoms with Crippen molar-refractivity contribution < 1.29 is 8.42 Å². The minimum absolute atomic E-state index is 0.272. The molecule has 0 fully saturated rings. The maximum Gasteiger partial charge on any atom is 0.271 e. The van der Waals surface area contributed by atoms with Gasteiger partial charge >= 0.3 is 0 Å². The topological polar surface area (TPSA) is 123 Å². The first-order valence-corrected chi connectivity index (χ1v) is 11.0. The number of rotatable bonds is 6. The molecule has 4 rings (SSSR count). The van der Waals surface area contributed by atoms with Gasteiger partial charge in [0, 0.05) is 12.6 Å². The lowest BCUT2D eigenvalue weighted by molar-refractivity contribution is 0.603. The Morgan fingerprint density at radius 2 is 2.04 bits per heavy atom. The highest BCUT2D eigenvalue weighted by atomic mass is 32.2. The average molecular weight is 419 g/mol. The van der Waals surface area contributed by atoms with E-state index in [2.05, 4.69) is 25.0 Å². The van der Waals surface area contributed by atoms with Gasteiger partial charge in [-0.25, -0.2) is 23.4 Å². The lowest BCUT2D eigenvalue weighted by Crippen LogP contribution is -2.11.